The van der Waals surface area contributed by atoms with Gasteiger partial charge in [-0.3, -0.25) is 0 Å². The summed E-state index contributed by atoms with van der Waals surface area (Å²) >= 11 is 0. The number of hydrogen-bond acceptors (Lipinski definition) is 4. The highest BCUT2D eigenvalue weighted by Gasteiger charge is 2.03. The molecule has 0 aliphatic carbocycles. The van der Waals surface area contributed by atoms with E-state index < -0.39 is 0 Å². The summed E-state index contributed by atoms with van der Waals surface area (Å²) in [4.78, 5) is 18.0. The van der Waals surface area contributed by atoms with E-state index in [4.69, 9.17) is 5.26 Å². The molecule has 112 valence electrons. The topological polar surface area (TPSA) is 81.0 Å². The van der Waals surface area contributed by atoms with Crippen LogP contribution in [0.4, 0.5) is 16.3 Å². The number of pyridine rings is 1. The molecule has 6 heteroatoms. The number of benzene rings is 1. The van der Waals surface area contributed by atoms with Gasteiger partial charge in [0, 0.05) is 32.5 Å². The van der Waals surface area contributed by atoms with Crippen molar-refractivity contribution in [1.82, 2.24) is 10.3 Å². The van der Waals surface area contributed by atoms with Crippen LogP contribution in [0.2, 0.25) is 0 Å². The van der Waals surface area contributed by atoms with Gasteiger partial charge in [-0.1, -0.05) is 0 Å². The first-order valence-electron chi connectivity index (χ1n) is 6.76. The van der Waals surface area contributed by atoms with Crippen LogP contribution in [0.15, 0.2) is 42.6 Å². The van der Waals surface area contributed by atoms with E-state index in [1.807, 2.05) is 37.2 Å². The van der Waals surface area contributed by atoms with Crippen molar-refractivity contribution in [3.8, 4) is 6.07 Å². The number of hydrogen-bond donors (Lipinski definition) is 2. The Labute approximate surface area is 129 Å². The van der Waals surface area contributed by atoms with Crippen molar-refractivity contribution in [2.24, 2.45) is 0 Å². The molecule has 0 radical (unpaired) electrons. The fraction of sp³-hybridized carbons (Fsp3) is 0.188. The molecule has 22 heavy (non-hydrogen) atoms. The number of nitrogens with one attached hydrogen (secondary N) is 2. The molecule has 0 aliphatic rings. The van der Waals surface area contributed by atoms with Crippen LogP contribution in [0.25, 0.3) is 0 Å². The van der Waals surface area contributed by atoms with E-state index >= 15 is 0 Å². The fourth-order valence-electron chi connectivity index (χ4n) is 1.80. The summed E-state index contributed by atoms with van der Waals surface area (Å²) in [6, 6.07) is 12.2. The number of amides is 2. The average Bonchev–Trinajstić information content (AvgIpc) is 2.54. The number of anilines is 2. The average molecular weight is 295 g/mol. The van der Waals surface area contributed by atoms with Gasteiger partial charge in [0.1, 0.15) is 5.82 Å². The lowest BCUT2D eigenvalue weighted by Gasteiger charge is -2.12. The van der Waals surface area contributed by atoms with Crippen LogP contribution in [-0.2, 0) is 6.54 Å². The first-order valence-corrected chi connectivity index (χ1v) is 6.76. The molecule has 1 heterocycles. The molecular weight excluding hydrogens is 278 g/mol. The number of carbonyl (C=O) groups excluding carboxylic acids is 1. The van der Waals surface area contributed by atoms with E-state index in [0.29, 0.717) is 17.8 Å². The van der Waals surface area contributed by atoms with E-state index in [2.05, 4.69) is 15.6 Å². The number of nitrogens with zero attached hydrogens (tertiary/aromatic N) is 3. The Morgan fingerprint density at radius 2 is 2.00 bits per heavy atom. The highest BCUT2D eigenvalue weighted by molar-refractivity contribution is 5.89. The zero-order chi connectivity index (χ0) is 15.9. The predicted octanol–water partition coefficient (Wildman–Crippen LogP) is 2.34. The molecule has 0 unspecified atom stereocenters. The molecule has 2 amide bonds. The second-order valence-corrected chi connectivity index (χ2v) is 4.91. The number of nitriles is 1. The largest absolute Gasteiger partial charge is 0.363 e. The summed E-state index contributed by atoms with van der Waals surface area (Å²) in [6.07, 6.45) is 1.71. The van der Waals surface area contributed by atoms with Crippen LogP contribution < -0.4 is 15.5 Å². The molecule has 1 aromatic carbocycles. The van der Waals surface area contributed by atoms with Gasteiger partial charge in [0.15, 0.2) is 0 Å². The predicted molar refractivity (Wildman–Crippen MR) is 85.6 cm³/mol. The van der Waals surface area contributed by atoms with Crippen LogP contribution >= 0.6 is 0 Å². The molecule has 6 nitrogen and oxygen atoms in total. The lowest BCUT2D eigenvalue weighted by atomic mass is 10.2. The van der Waals surface area contributed by atoms with Gasteiger partial charge in [-0.25, -0.2) is 9.78 Å². The first kappa shape index (κ1) is 15.3. The maximum Gasteiger partial charge on any atom is 0.319 e. The lowest BCUT2D eigenvalue weighted by molar-refractivity contribution is 0.251. The highest BCUT2D eigenvalue weighted by Crippen LogP contribution is 2.10. The second kappa shape index (κ2) is 7.09. The Hall–Kier alpha value is -3.07. The third kappa shape index (κ3) is 4.21. The van der Waals surface area contributed by atoms with Crippen molar-refractivity contribution < 1.29 is 4.79 Å². The number of rotatable bonds is 4. The molecule has 0 saturated carbocycles. The summed E-state index contributed by atoms with van der Waals surface area (Å²) in [5, 5.41) is 14.2. The lowest BCUT2D eigenvalue weighted by Crippen LogP contribution is -2.28. The van der Waals surface area contributed by atoms with Gasteiger partial charge in [0.2, 0.25) is 0 Å². The van der Waals surface area contributed by atoms with E-state index in [9.17, 15) is 4.79 Å². The molecule has 0 bridgehead atoms. The molecule has 0 saturated heterocycles. The summed E-state index contributed by atoms with van der Waals surface area (Å²) < 4.78 is 0. The van der Waals surface area contributed by atoms with Crippen LogP contribution in [-0.4, -0.2) is 25.1 Å². The third-order valence-corrected chi connectivity index (χ3v) is 2.99. The number of aromatic nitrogens is 1. The van der Waals surface area contributed by atoms with Gasteiger partial charge in [-0.2, -0.15) is 5.26 Å². The second-order valence-electron chi connectivity index (χ2n) is 4.91. The fourth-order valence-corrected chi connectivity index (χ4v) is 1.80. The first-order chi connectivity index (χ1) is 10.6. The Kier molecular flexibility index (Phi) is 4.94. The van der Waals surface area contributed by atoms with Gasteiger partial charge in [0.25, 0.3) is 0 Å². The van der Waals surface area contributed by atoms with Crippen molar-refractivity contribution in [1.29, 1.82) is 5.26 Å². The van der Waals surface area contributed by atoms with Crippen molar-refractivity contribution in [2.45, 2.75) is 6.54 Å². The minimum Gasteiger partial charge on any atom is -0.363 e. The van der Waals surface area contributed by atoms with E-state index in [-0.39, 0.29) is 6.03 Å². The number of carbonyl (C=O) groups is 1. The van der Waals surface area contributed by atoms with Crippen LogP contribution in [0.5, 0.6) is 0 Å². The van der Waals surface area contributed by atoms with Crippen LogP contribution in [0.3, 0.4) is 0 Å². The molecule has 2 aromatic rings. The molecular formula is C16H17N5O. The van der Waals surface area contributed by atoms with Crippen LogP contribution in [0, 0.1) is 11.3 Å². The monoisotopic (exact) mass is 295 g/mol. The smallest absolute Gasteiger partial charge is 0.319 e. The molecule has 0 spiro atoms. The van der Waals surface area contributed by atoms with Crippen molar-refractivity contribution in [3.05, 3.63) is 53.7 Å². The summed E-state index contributed by atoms with van der Waals surface area (Å²) in [5.74, 6) is 0.840. The number of urea groups is 1. The molecule has 2 N–H and O–H groups in total. The molecule has 0 fully saturated rings. The Bertz CT molecular complexity index is 688. The van der Waals surface area contributed by atoms with Crippen molar-refractivity contribution in [3.63, 3.8) is 0 Å². The van der Waals surface area contributed by atoms with E-state index in [1.165, 1.54) is 0 Å². The minimum absolute atomic E-state index is 0.298. The third-order valence-electron chi connectivity index (χ3n) is 2.99. The Morgan fingerprint density at radius 3 is 2.64 bits per heavy atom. The molecule has 2 rings (SSSR count). The Morgan fingerprint density at radius 1 is 1.27 bits per heavy atom. The maximum atomic E-state index is 11.8. The standard InChI is InChI=1S/C16H17N5O/c1-21(2)15-9-13(7-8-18-15)11-19-16(22)20-14-5-3-12(10-17)4-6-14/h3-9H,11H2,1-2H3,(H2,19,20,22). The summed E-state index contributed by atoms with van der Waals surface area (Å²) in [5.41, 5.74) is 2.16. The Balaban J connectivity index is 1.89. The van der Waals surface area contributed by atoms with Crippen molar-refractivity contribution >= 4 is 17.5 Å². The van der Waals surface area contributed by atoms with Crippen molar-refractivity contribution in [2.75, 3.05) is 24.3 Å². The zero-order valence-electron chi connectivity index (χ0n) is 12.5. The maximum absolute atomic E-state index is 11.8. The molecule has 0 aliphatic heterocycles. The minimum atomic E-state index is -0.298. The highest BCUT2D eigenvalue weighted by atomic mass is 16.2. The SMILES string of the molecule is CN(C)c1cc(CNC(=O)Nc2ccc(C#N)cc2)ccn1. The van der Waals surface area contributed by atoms with Gasteiger partial charge in [-0.05, 0) is 42.0 Å². The van der Waals surface area contributed by atoms with Gasteiger partial charge >= 0.3 is 6.03 Å². The molecule has 0 atom stereocenters. The van der Waals surface area contributed by atoms with Crippen LogP contribution in [0.1, 0.15) is 11.1 Å². The van der Waals surface area contributed by atoms with Gasteiger partial charge in [0.05, 0.1) is 11.6 Å². The zero-order valence-corrected chi connectivity index (χ0v) is 12.5. The summed E-state index contributed by atoms with van der Waals surface area (Å²) in [6.45, 7) is 0.408. The normalized spacial score (nSPS) is 9.68. The van der Waals surface area contributed by atoms with Gasteiger partial charge in [-0.15, -0.1) is 0 Å². The summed E-state index contributed by atoms with van der Waals surface area (Å²) in [7, 11) is 3.83. The van der Waals surface area contributed by atoms with E-state index in [1.54, 1.807) is 30.5 Å². The quantitative estimate of drug-likeness (QED) is 0.907. The van der Waals surface area contributed by atoms with Gasteiger partial charge < -0.3 is 15.5 Å². The molecule has 1 aromatic heterocycles. The van der Waals surface area contributed by atoms with E-state index in [0.717, 1.165) is 11.4 Å².